The summed E-state index contributed by atoms with van der Waals surface area (Å²) in [4.78, 5) is 33.1. The maximum absolute atomic E-state index is 14.5. The minimum Gasteiger partial charge on any atom is -0.353 e. The number of pyridine rings is 1. The molecule has 1 unspecified atom stereocenters. The number of hydrogen-bond acceptors (Lipinski definition) is 6. The number of anilines is 2. The fraction of sp³-hybridized carbons (Fsp3) is 0.333. The molecule has 12 heteroatoms. The summed E-state index contributed by atoms with van der Waals surface area (Å²) in [5.41, 5.74) is -1.67. The lowest BCUT2D eigenvalue weighted by Crippen LogP contribution is -2.62. The quantitative estimate of drug-likeness (QED) is 0.392. The normalized spacial score (nSPS) is 20.8. The summed E-state index contributed by atoms with van der Waals surface area (Å²) in [6.07, 6.45) is 5.37. The molecule has 2 N–H and O–H groups in total. The van der Waals surface area contributed by atoms with Crippen molar-refractivity contribution >= 4 is 44.9 Å². The minimum atomic E-state index is -4.25. The average molecular weight is 610 g/mol. The van der Waals surface area contributed by atoms with E-state index >= 15 is 0 Å². The van der Waals surface area contributed by atoms with Gasteiger partial charge in [-0.3, -0.25) is 9.59 Å². The first-order valence-corrected chi connectivity index (χ1v) is 15.7. The van der Waals surface area contributed by atoms with Crippen LogP contribution in [-0.4, -0.2) is 42.5 Å². The summed E-state index contributed by atoms with van der Waals surface area (Å²) in [6.45, 7) is 0. The number of nitrogens with zero attached hydrogens (tertiary/aromatic N) is 3. The van der Waals surface area contributed by atoms with Crippen LogP contribution in [0.2, 0.25) is 5.02 Å². The molecular formula is C30H29ClFN5O4S. The lowest BCUT2D eigenvalue weighted by molar-refractivity contribution is -0.130. The Kier molecular flexibility index (Phi) is 8.48. The molecule has 2 atom stereocenters. The maximum Gasteiger partial charge on any atom is 0.252 e. The van der Waals surface area contributed by atoms with E-state index < -0.39 is 44.9 Å². The van der Waals surface area contributed by atoms with E-state index in [-0.39, 0.29) is 40.1 Å². The Morgan fingerprint density at radius 1 is 1.10 bits per heavy atom. The lowest BCUT2D eigenvalue weighted by atomic mass is 9.75. The molecule has 2 heterocycles. The summed E-state index contributed by atoms with van der Waals surface area (Å²) in [6, 6.07) is 16.1. The largest absolute Gasteiger partial charge is 0.353 e. The summed E-state index contributed by atoms with van der Waals surface area (Å²) in [5.74, 6) is -4.14. The van der Waals surface area contributed by atoms with Crippen LogP contribution < -0.4 is 14.9 Å². The van der Waals surface area contributed by atoms with Crippen molar-refractivity contribution in [2.24, 2.45) is 0 Å². The molecule has 1 aliphatic carbocycles. The fourth-order valence-electron chi connectivity index (χ4n) is 5.93. The smallest absolute Gasteiger partial charge is 0.252 e. The van der Waals surface area contributed by atoms with Crippen molar-refractivity contribution in [3.63, 3.8) is 0 Å². The van der Waals surface area contributed by atoms with Crippen molar-refractivity contribution in [1.82, 2.24) is 10.3 Å². The topological polar surface area (TPSA) is 132 Å². The predicted octanol–water partition coefficient (Wildman–Crippen LogP) is 4.90. The van der Waals surface area contributed by atoms with Gasteiger partial charge in [-0.15, -0.1) is 0 Å². The van der Waals surface area contributed by atoms with E-state index in [0.29, 0.717) is 0 Å². The van der Waals surface area contributed by atoms with Gasteiger partial charge in [0.1, 0.15) is 11.6 Å². The first-order chi connectivity index (χ1) is 20.2. The van der Waals surface area contributed by atoms with Gasteiger partial charge in [0.05, 0.1) is 23.3 Å². The van der Waals surface area contributed by atoms with Crippen LogP contribution in [0.4, 0.5) is 15.9 Å². The Bertz CT molecular complexity index is 1660. The van der Waals surface area contributed by atoms with Gasteiger partial charge in [0, 0.05) is 22.9 Å². The molecule has 1 saturated carbocycles. The summed E-state index contributed by atoms with van der Waals surface area (Å²) in [7, 11) is -4.25. The van der Waals surface area contributed by atoms with Crippen LogP contribution in [0, 0.1) is 17.1 Å². The third kappa shape index (κ3) is 5.69. The van der Waals surface area contributed by atoms with Crippen molar-refractivity contribution in [1.29, 1.82) is 5.26 Å². The molecule has 5 rings (SSSR count). The highest BCUT2D eigenvalue weighted by Crippen LogP contribution is 2.48. The zero-order valence-corrected chi connectivity index (χ0v) is 24.2. The molecule has 9 nitrogen and oxygen atoms in total. The molecule has 42 heavy (non-hydrogen) atoms. The van der Waals surface area contributed by atoms with E-state index in [1.165, 1.54) is 36.5 Å². The van der Waals surface area contributed by atoms with Gasteiger partial charge in [-0.25, -0.2) is 22.1 Å². The number of aromatic nitrogens is 1. The molecule has 0 spiro atoms. The number of hydrogen-bond donors (Lipinski definition) is 2. The van der Waals surface area contributed by atoms with Crippen LogP contribution in [-0.2, 0) is 19.6 Å². The van der Waals surface area contributed by atoms with E-state index in [1.807, 2.05) is 6.07 Å². The van der Waals surface area contributed by atoms with Crippen molar-refractivity contribution in [2.75, 3.05) is 15.4 Å². The predicted molar refractivity (Wildman–Crippen MR) is 157 cm³/mol. The average Bonchev–Trinajstić information content (AvgIpc) is 3.26. The van der Waals surface area contributed by atoms with E-state index in [2.05, 4.69) is 15.6 Å². The third-order valence-corrected chi connectivity index (χ3v) is 9.98. The molecule has 1 saturated heterocycles. The van der Waals surface area contributed by atoms with E-state index in [1.54, 1.807) is 24.3 Å². The first-order valence-electron chi connectivity index (χ1n) is 13.7. The van der Waals surface area contributed by atoms with E-state index in [4.69, 9.17) is 11.6 Å². The summed E-state index contributed by atoms with van der Waals surface area (Å²) < 4.78 is 42.6. The Morgan fingerprint density at radius 3 is 2.57 bits per heavy atom. The van der Waals surface area contributed by atoms with E-state index in [0.717, 1.165) is 42.5 Å². The molecule has 1 aliphatic heterocycles. The number of carbonyl (C=O) groups excluding carboxylic acids is 2. The van der Waals surface area contributed by atoms with Gasteiger partial charge in [-0.2, -0.15) is 5.26 Å². The number of halogens is 2. The van der Waals surface area contributed by atoms with Crippen molar-refractivity contribution < 1.29 is 22.4 Å². The Morgan fingerprint density at radius 2 is 1.86 bits per heavy atom. The van der Waals surface area contributed by atoms with Crippen molar-refractivity contribution in [3.8, 4) is 6.07 Å². The minimum absolute atomic E-state index is 0.0768. The van der Waals surface area contributed by atoms with Crippen LogP contribution in [0.1, 0.15) is 55.6 Å². The van der Waals surface area contributed by atoms with E-state index in [9.17, 15) is 27.7 Å². The number of benzene rings is 2. The standard InChI is InChI=1S/C30H29ClFN5O4S/c31-25-12-5-4-11-24(25)27(28(38)35-22-8-2-1-3-9-22)30(29(39)36-23-10-6-7-21(32)18-23)14-16-42(40,41)37(30)26-17-20(19-33)13-15-34-26/h4-7,10-13,15,17-18,22,27H,1-3,8-9,14,16H2,(H,35,38)(H,36,39)/t27-,30?/m1/s1. The van der Waals surface area contributed by atoms with Crippen LogP contribution in [0.25, 0.3) is 0 Å². The molecule has 0 bridgehead atoms. The van der Waals surface area contributed by atoms with Crippen molar-refractivity contribution in [2.45, 2.75) is 56.0 Å². The van der Waals surface area contributed by atoms with Gasteiger partial charge >= 0.3 is 0 Å². The molecule has 2 fully saturated rings. The first kappa shape index (κ1) is 29.5. The number of sulfonamides is 1. The van der Waals surface area contributed by atoms with Gasteiger partial charge in [0.15, 0.2) is 5.54 Å². The zero-order valence-electron chi connectivity index (χ0n) is 22.6. The second-order valence-electron chi connectivity index (χ2n) is 10.5. The lowest BCUT2D eigenvalue weighted by Gasteiger charge is -2.42. The highest BCUT2D eigenvalue weighted by Gasteiger charge is 2.63. The maximum atomic E-state index is 14.5. The van der Waals surface area contributed by atoms with Gasteiger partial charge in [0.25, 0.3) is 5.91 Å². The Hall–Kier alpha value is -4.01. The third-order valence-electron chi connectivity index (χ3n) is 7.85. The number of amides is 2. The highest BCUT2D eigenvalue weighted by molar-refractivity contribution is 7.93. The number of nitrogens with one attached hydrogen (secondary N) is 2. The SMILES string of the molecule is N#Cc1ccnc(N2C(C(=O)Nc3cccc(F)c3)([C@@H](C(=O)NC3CCCCC3)c3ccccc3Cl)CCS2(=O)=O)c1. The molecular weight excluding hydrogens is 581 g/mol. The zero-order chi connectivity index (χ0) is 29.9. The van der Waals surface area contributed by atoms with Gasteiger partial charge in [0.2, 0.25) is 15.9 Å². The summed E-state index contributed by atoms with van der Waals surface area (Å²) >= 11 is 6.66. The molecule has 2 amide bonds. The van der Waals surface area contributed by atoms with Gasteiger partial charge in [-0.1, -0.05) is 55.1 Å². The molecule has 2 aliphatic rings. The number of carbonyl (C=O) groups is 2. The molecule has 3 aromatic rings. The number of rotatable bonds is 7. The van der Waals surface area contributed by atoms with Crippen LogP contribution >= 0.6 is 11.6 Å². The van der Waals surface area contributed by atoms with Crippen LogP contribution in [0.15, 0.2) is 66.9 Å². The second-order valence-corrected chi connectivity index (χ2v) is 12.9. The van der Waals surface area contributed by atoms with Gasteiger partial charge in [-0.05, 0) is 61.2 Å². The Labute approximate surface area is 248 Å². The highest BCUT2D eigenvalue weighted by atomic mass is 35.5. The van der Waals surface area contributed by atoms with Crippen LogP contribution in [0.5, 0.6) is 0 Å². The number of nitriles is 1. The second kappa shape index (κ2) is 12.1. The fourth-order valence-corrected chi connectivity index (χ4v) is 8.09. The van der Waals surface area contributed by atoms with Crippen molar-refractivity contribution in [3.05, 3.63) is 88.8 Å². The Balaban J connectivity index is 1.74. The molecule has 0 radical (unpaired) electrons. The molecule has 2 aromatic carbocycles. The van der Waals surface area contributed by atoms with Crippen LogP contribution in [0.3, 0.4) is 0 Å². The molecule has 1 aromatic heterocycles. The molecule has 218 valence electrons. The van der Waals surface area contributed by atoms with Gasteiger partial charge < -0.3 is 10.6 Å². The summed E-state index contributed by atoms with van der Waals surface area (Å²) in [5, 5.41) is 15.4. The monoisotopic (exact) mass is 609 g/mol.